The highest BCUT2D eigenvalue weighted by Gasteiger charge is 2.24. The molecule has 6 nitrogen and oxygen atoms in total. The Labute approximate surface area is 165 Å². The van der Waals surface area contributed by atoms with Gasteiger partial charge in [-0.3, -0.25) is 0 Å². The first-order valence-electron chi connectivity index (χ1n) is 9.13. The lowest BCUT2D eigenvalue weighted by molar-refractivity contribution is -0.138. The van der Waals surface area contributed by atoms with E-state index in [0.29, 0.717) is 24.4 Å². The Kier molecular flexibility index (Phi) is 5.68. The van der Waals surface area contributed by atoms with Gasteiger partial charge >= 0.3 is 12.1 Å². The lowest BCUT2D eigenvalue weighted by atomic mass is 9.93. The molecule has 0 saturated heterocycles. The molecule has 3 rings (SSSR count). The predicted molar refractivity (Wildman–Crippen MR) is 108 cm³/mol. The SMILES string of the molecule is CCOC(=O)C1=CN(C)c2c(cccc2-c2ccccc2OC(=O)N(C)C)C1. The maximum absolute atomic E-state index is 12.2. The fourth-order valence-corrected chi connectivity index (χ4v) is 3.23. The van der Waals surface area contributed by atoms with Crippen LogP contribution in [0.4, 0.5) is 10.5 Å². The average molecular weight is 380 g/mol. The molecule has 0 radical (unpaired) electrons. The largest absolute Gasteiger partial charge is 0.463 e. The molecule has 1 heterocycles. The first-order valence-corrected chi connectivity index (χ1v) is 9.13. The van der Waals surface area contributed by atoms with Gasteiger partial charge in [0.05, 0.1) is 17.9 Å². The van der Waals surface area contributed by atoms with Crippen LogP contribution in [0, 0.1) is 0 Å². The molecule has 28 heavy (non-hydrogen) atoms. The highest BCUT2D eigenvalue weighted by molar-refractivity contribution is 5.94. The van der Waals surface area contributed by atoms with Crippen LogP contribution in [0.25, 0.3) is 11.1 Å². The van der Waals surface area contributed by atoms with E-state index in [2.05, 4.69) is 0 Å². The van der Waals surface area contributed by atoms with E-state index < -0.39 is 6.09 Å². The van der Waals surface area contributed by atoms with Gasteiger partial charge in [0.2, 0.25) is 0 Å². The van der Waals surface area contributed by atoms with Crippen molar-refractivity contribution in [3.8, 4) is 16.9 Å². The van der Waals surface area contributed by atoms with E-state index in [1.807, 2.05) is 48.3 Å². The summed E-state index contributed by atoms with van der Waals surface area (Å²) in [7, 11) is 5.19. The number of esters is 1. The van der Waals surface area contributed by atoms with E-state index in [1.165, 1.54) is 4.90 Å². The van der Waals surface area contributed by atoms with Crippen LogP contribution in [0.1, 0.15) is 12.5 Å². The molecule has 146 valence electrons. The summed E-state index contributed by atoms with van der Waals surface area (Å²) in [5.41, 5.74) is 4.35. The summed E-state index contributed by atoms with van der Waals surface area (Å²) >= 11 is 0. The standard InChI is InChI=1S/C22H24N2O4/c1-5-27-21(25)16-13-15-9-8-11-18(20(15)24(4)14-16)17-10-6-7-12-19(17)28-22(26)23(2)3/h6-12,14H,5,13H2,1-4H3. The lowest BCUT2D eigenvalue weighted by Crippen LogP contribution is -2.25. The zero-order valence-electron chi connectivity index (χ0n) is 16.6. The van der Waals surface area contributed by atoms with Crippen LogP contribution in [0.3, 0.4) is 0 Å². The third kappa shape index (κ3) is 3.86. The molecule has 6 heteroatoms. The monoisotopic (exact) mass is 380 g/mol. The van der Waals surface area contributed by atoms with E-state index in [4.69, 9.17) is 9.47 Å². The number of carbonyl (C=O) groups is 2. The fraction of sp³-hybridized carbons (Fsp3) is 0.273. The smallest absolute Gasteiger partial charge is 0.414 e. The van der Waals surface area contributed by atoms with Crippen LogP contribution in [0.2, 0.25) is 0 Å². The van der Waals surface area contributed by atoms with Gasteiger partial charge in [0.15, 0.2) is 0 Å². The molecule has 0 aliphatic carbocycles. The molecule has 0 spiro atoms. The van der Waals surface area contributed by atoms with Crippen LogP contribution in [0.5, 0.6) is 5.75 Å². The van der Waals surface area contributed by atoms with Gasteiger partial charge in [-0.25, -0.2) is 9.59 Å². The van der Waals surface area contributed by atoms with Crippen molar-refractivity contribution < 1.29 is 19.1 Å². The molecular formula is C22H24N2O4. The molecule has 1 amide bonds. The van der Waals surface area contributed by atoms with E-state index in [9.17, 15) is 9.59 Å². The maximum atomic E-state index is 12.2. The van der Waals surface area contributed by atoms with Crippen LogP contribution in [-0.2, 0) is 16.0 Å². The number of benzene rings is 2. The molecule has 0 N–H and O–H groups in total. The van der Waals surface area contributed by atoms with Gasteiger partial charge in [-0.15, -0.1) is 0 Å². The third-order valence-corrected chi connectivity index (χ3v) is 4.48. The Morgan fingerprint density at radius 1 is 1.07 bits per heavy atom. The van der Waals surface area contributed by atoms with E-state index in [1.54, 1.807) is 33.3 Å². The van der Waals surface area contributed by atoms with Crippen molar-refractivity contribution >= 4 is 17.7 Å². The van der Waals surface area contributed by atoms with Crippen molar-refractivity contribution in [3.63, 3.8) is 0 Å². The first-order chi connectivity index (χ1) is 13.4. The number of amides is 1. The van der Waals surface area contributed by atoms with E-state index in [-0.39, 0.29) is 5.97 Å². The van der Waals surface area contributed by atoms with Gasteiger partial charge in [0.1, 0.15) is 5.75 Å². The average Bonchev–Trinajstić information content (AvgIpc) is 2.68. The van der Waals surface area contributed by atoms with Crippen molar-refractivity contribution in [1.82, 2.24) is 4.90 Å². The minimum Gasteiger partial charge on any atom is -0.463 e. The minimum atomic E-state index is -0.435. The number of ether oxygens (including phenoxy) is 2. The molecule has 0 bridgehead atoms. The maximum Gasteiger partial charge on any atom is 0.414 e. The number of nitrogens with zero attached hydrogens (tertiary/aromatic N) is 2. The second-order valence-corrected chi connectivity index (χ2v) is 6.73. The van der Waals surface area contributed by atoms with Crippen molar-refractivity contribution in [2.45, 2.75) is 13.3 Å². The molecule has 0 unspecified atom stereocenters. The predicted octanol–water partition coefficient (Wildman–Crippen LogP) is 3.85. The first kappa shape index (κ1) is 19.5. The summed E-state index contributed by atoms with van der Waals surface area (Å²) in [6, 6.07) is 13.4. The number of fused-ring (bicyclic) bond motifs is 1. The molecule has 0 aromatic heterocycles. The Morgan fingerprint density at radius 3 is 2.50 bits per heavy atom. The summed E-state index contributed by atoms with van der Waals surface area (Å²) in [5.74, 6) is 0.189. The highest BCUT2D eigenvalue weighted by atomic mass is 16.6. The quantitative estimate of drug-likeness (QED) is 0.754. The van der Waals surface area contributed by atoms with Crippen LogP contribution in [0.15, 0.2) is 54.2 Å². The van der Waals surface area contributed by atoms with Crippen molar-refractivity contribution in [2.75, 3.05) is 32.6 Å². The van der Waals surface area contributed by atoms with Crippen LogP contribution < -0.4 is 9.64 Å². The molecule has 0 fully saturated rings. The highest BCUT2D eigenvalue weighted by Crippen LogP contribution is 2.41. The minimum absolute atomic E-state index is 0.300. The zero-order valence-corrected chi connectivity index (χ0v) is 16.6. The van der Waals surface area contributed by atoms with Crippen LogP contribution in [-0.4, -0.2) is 44.7 Å². The van der Waals surface area contributed by atoms with E-state index >= 15 is 0 Å². The zero-order chi connectivity index (χ0) is 20.3. The molecule has 2 aromatic carbocycles. The molecule has 0 saturated carbocycles. The van der Waals surface area contributed by atoms with Gasteiger partial charge in [-0.05, 0) is 18.6 Å². The Morgan fingerprint density at radius 2 is 1.79 bits per heavy atom. The number of hydrogen-bond donors (Lipinski definition) is 0. The van der Waals surface area contributed by atoms with Crippen molar-refractivity contribution in [1.29, 1.82) is 0 Å². The molecule has 1 aliphatic rings. The molecular weight excluding hydrogens is 356 g/mol. The topological polar surface area (TPSA) is 59.1 Å². The fourth-order valence-electron chi connectivity index (χ4n) is 3.23. The second kappa shape index (κ2) is 8.17. The van der Waals surface area contributed by atoms with Gasteiger partial charge in [-0.2, -0.15) is 0 Å². The Bertz CT molecular complexity index is 934. The van der Waals surface area contributed by atoms with Crippen molar-refractivity contribution in [2.24, 2.45) is 0 Å². The molecule has 1 aliphatic heterocycles. The normalized spacial score (nSPS) is 12.7. The number of carbonyl (C=O) groups excluding carboxylic acids is 2. The van der Waals surface area contributed by atoms with Gasteiger partial charge < -0.3 is 19.3 Å². The lowest BCUT2D eigenvalue weighted by Gasteiger charge is -2.28. The summed E-state index contributed by atoms with van der Waals surface area (Å²) < 4.78 is 10.7. The van der Waals surface area contributed by atoms with Gasteiger partial charge in [-0.1, -0.05) is 36.4 Å². The summed E-state index contributed by atoms with van der Waals surface area (Å²) in [5, 5.41) is 0. The summed E-state index contributed by atoms with van der Waals surface area (Å²) in [4.78, 5) is 27.5. The second-order valence-electron chi connectivity index (χ2n) is 6.73. The third-order valence-electron chi connectivity index (χ3n) is 4.48. The number of para-hydroxylation sites is 2. The van der Waals surface area contributed by atoms with E-state index in [0.717, 1.165) is 22.4 Å². The van der Waals surface area contributed by atoms with Gasteiger partial charge in [0.25, 0.3) is 0 Å². The molecule has 0 atom stereocenters. The Balaban J connectivity index is 2.03. The number of anilines is 1. The van der Waals surface area contributed by atoms with Crippen molar-refractivity contribution in [3.05, 3.63) is 59.8 Å². The molecule has 2 aromatic rings. The van der Waals surface area contributed by atoms with Crippen LogP contribution >= 0.6 is 0 Å². The Hall–Kier alpha value is -3.28. The number of hydrogen-bond acceptors (Lipinski definition) is 5. The number of rotatable bonds is 4. The summed E-state index contributed by atoms with van der Waals surface area (Å²) in [6.07, 6.45) is 1.86. The van der Waals surface area contributed by atoms with Gasteiger partial charge in [0, 0.05) is 44.9 Å². The summed E-state index contributed by atoms with van der Waals surface area (Å²) in [6.45, 7) is 2.14.